The van der Waals surface area contributed by atoms with Crippen LogP contribution < -0.4 is 19.7 Å². The summed E-state index contributed by atoms with van der Waals surface area (Å²) in [7, 11) is 1.57. The molecule has 0 unspecified atom stereocenters. The summed E-state index contributed by atoms with van der Waals surface area (Å²) in [5.41, 5.74) is 2.14. The summed E-state index contributed by atoms with van der Waals surface area (Å²) in [6.07, 6.45) is 1.54. The van der Waals surface area contributed by atoms with E-state index >= 15 is 0 Å². The van der Waals surface area contributed by atoms with Crippen LogP contribution in [0, 0.1) is 10.5 Å². The molecule has 0 aromatic heterocycles. The van der Waals surface area contributed by atoms with Crippen LogP contribution in [0.15, 0.2) is 42.0 Å². The predicted octanol–water partition coefficient (Wildman–Crippen LogP) is 3.84. The number of hydrogen-bond acceptors (Lipinski definition) is 5. The summed E-state index contributed by atoms with van der Waals surface area (Å²) in [5.74, 6) is 0.144. The average molecular weight is 522 g/mol. The molecule has 0 spiro atoms. The van der Waals surface area contributed by atoms with Crippen LogP contribution in [-0.2, 0) is 9.59 Å². The first-order chi connectivity index (χ1) is 13.9. The number of nitrogens with zero attached hydrogens (tertiary/aromatic N) is 1. The van der Waals surface area contributed by atoms with E-state index in [0.717, 1.165) is 9.13 Å². The molecular weight excluding hydrogens is 503 g/mol. The van der Waals surface area contributed by atoms with Crippen molar-refractivity contribution in [2.24, 2.45) is 0 Å². The molecule has 1 N–H and O–H groups in total. The summed E-state index contributed by atoms with van der Waals surface area (Å²) in [6.45, 7) is 4.21. The van der Waals surface area contributed by atoms with Crippen molar-refractivity contribution in [1.29, 1.82) is 0 Å². The van der Waals surface area contributed by atoms with Gasteiger partial charge in [0.15, 0.2) is 16.6 Å². The number of para-hydroxylation sites is 1. The number of rotatable bonds is 5. The van der Waals surface area contributed by atoms with Gasteiger partial charge in [0.25, 0.3) is 11.8 Å². The minimum Gasteiger partial charge on any atom is -0.492 e. The van der Waals surface area contributed by atoms with Crippen molar-refractivity contribution in [3.63, 3.8) is 0 Å². The molecule has 6 nitrogen and oxygen atoms in total. The van der Waals surface area contributed by atoms with Crippen LogP contribution in [0.25, 0.3) is 6.08 Å². The van der Waals surface area contributed by atoms with Gasteiger partial charge in [-0.05, 0) is 84.1 Å². The molecule has 0 bridgehead atoms. The van der Waals surface area contributed by atoms with E-state index in [-0.39, 0.29) is 10.7 Å². The Morgan fingerprint density at radius 1 is 1.24 bits per heavy atom. The molecule has 2 aromatic carbocycles. The van der Waals surface area contributed by atoms with E-state index in [9.17, 15) is 9.59 Å². The van der Waals surface area contributed by atoms with E-state index in [1.807, 2.05) is 38.1 Å². The molecule has 29 heavy (non-hydrogen) atoms. The fourth-order valence-electron chi connectivity index (χ4n) is 2.99. The lowest BCUT2D eigenvalue weighted by Crippen LogP contribution is -2.54. The second kappa shape index (κ2) is 8.91. The molecule has 1 heterocycles. The number of anilines is 1. The number of benzene rings is 2. The lowest BCUT2D eigenvalue weighted by Gasteiger charge is -2.30. The Morgan fingerprint density at radius 3 is 2.62 bits per heavy atom. The van der Waals surface area contributed by atoms with Gasteiger partial charge < -0.3 is 9.47 Å². The first-order valence-corrected chi connectivity index (χ1v) is 10.3. The largest absolute Gasteiger partial charge is 0.492 e. The highest BCUT2D eigenvalue weighted by atomic mass is 127. The van der Waals surface area contributed by atoms with Crippen LogP contribution in [0.3, 0.4) is 0 Å². The zero-order valence-corrected chi connectivity index (χ0v) is 19.1. The molecule has 1 aliphatic rings. The number of carbonyl (C=O) groups excluding carboxylic acids is 2. The fourth-order valence-corrected chi connectivity index (χ4v) is 4.11. The van der Waals surface area contributed by atoms with Gasteiger partial charge in [-0.2, -0.15) is 0 Å². The van der Waals surface area contributed by atoms with Crippen molar-refractivity contribution in [2.75, 3.05) is 18.6 Å². The molecule has 0 radical (unpaired) electrons. The van der Waals surface area contributed by atoms with Crippen molar-refractivity contribution in [3.05, 3.63) is 56.7 Å². The third-order valence-corrected chi connectivity index (χ3v) is 5.39. The normalized spacial score (nSPS) is 15.5. The Hall–Kier alpha value is -2.46. The van der Waals surface area contributed by atoms with Crippen LogP contribution in [-0.4, -0.2) is 30.6 Å². The smallest absolute Gasteiger partial charge is 0.270 e. The number of amides is 2. The van der Waals surface area contributed by atoms with E-state index in [2.05, 4.69) is 27.9 Å². The van der Waals surface area contributed by atoms with Gasteiger partial charge in [-0.3, -0.25) is 19.8 Å². The zero-order chi connectivity index (χ0) is 21.1. The van der Waals surface area contributed by atoms with Crippen LogP contribution in [0.4, 0.5) is 5.69 Å². The molecule has 0 saturated carbocycles. The second-order valence-electron chi connectivity index (χ2n) is 6.21. The quantitative estimate of drug-likeness (QED) is 0.280. The molecule has 8 heteroatoms. The Morgan fingerprint density at radius 2 is 1.97 bits per heavy atom. The topological polar surface area (TPSA) is 67.9 Å². The first-order valence-electron chi connectivity index (χ1n) is 8.84. The Balaban J connectivity index is 2.06. The maximum Gasteiger partial charge on any atom is 0.270 e. The van der Waals surface area contributed by atoms with E-state index in [1.54, 1.807) is 19.2 Å². The SMILES string of the molecule is CCOc1cc(/C=C2\C(=O)NC(=S)N(c3ccccc3C)C2=O)cc(I)c1OC. The van der Waals surface area contributed by atoms with Crippen molar-refractivity contribution >= 4 is 63.5 Å². The summed E-state index contributed by atoms with van der Waals surface area (Å²) >= 11 is 7.38. The highest BCUT2D eigenvalue weighted by Gasteiger charge is 2.35. The number of ether oxygens (including phenoxy) is 2. The summed E-state index contributed by atoms with van der Waals surface area (Å²) in [6, 6.07) is 10.9. The third kappa shape index (κ3) is 4.27. The monoisotopic (exact) mass is 522 g/mol. The maximum atomic E-state index is 13.2. The predicted molar refractivity (Wildman–Crippen MR) is 124 cm³/mol. The van der Waals surface area contributed by atoms with Crippen molar-refractivity contribution in [2.45, 2.75) is 13.8 Å². The number of methoxy groups -OCH3 is 1. The molecule has 0 aliphatic carbocycles. The number of thiocarbonyl (C=S) groups is 1. The lowest BCUT2D eigenvalue weighted by molar-refractivity contribution is -0.122. The van der Waals surface area contributed by atoms with Gasteiger partial charge in [0, 0.05) is 0 Å². The van der Waals surface area contributed by atoms with E-state index < -0.39 is 11.8 Å². The molecule has 1 fully saturated rings. The standard InChI is InChI=1S/C21H19IN2O4S/c1-4-28-17-11-13(10-15(22)18(17)27-3)9-14-19(25)23-21(29)24(20(14)26)16-8-6-5-7-12(16)2/h5-11H,4H2,1-3H3,(H,23,25,29)/b14-9+. The van der Waals surface area contributed by atoms with Crippen molar-refractivity contribution in [3.8, 4) is 11.5 Å². The molecule has 1 saturated heterocycles. The highest BCUT2D eigenvalue weighted by Crippen LogP contribution is 2.35. The van der Waals surface area contributed by atoms with E-state index in [0.29, 0.717) is 29.4 Å². The first kappa shape index (κ1) is 21.3. The number of halogens is 1. The Bertz CT molecular complexity index is 1040. The molecule has 1 aliphatic heterocycles. The zero-order valence-electron chi connectivity index (χ0n) is 16.1. The molecule has 3 rings (SSSR count). The van der Waals surface area contributed by atoms with Crippen LogP contribution in [0.1, 0.15) is 18.1 Å². The van der Waals surface area contributed by atoms with Gasteiger partial charge in [0.2, 0.25) is 0 Å². The van der Waals surface area contributed by atoms with Gasteiger partial charge in [-0.15, -0.1) is 0 Å². The summed E-state index contributed by atoms with van der Waals surface area (Å²) in [5, 5.41) is 2.67. The minimum absolute atomic E-state index is 0.00901. The lowest BCUT2D eigenvalue weighted by atomic mass is 10.1. The van der Waals surface area contributed by atoms with Crippen molar-refractivity contribution < 1.29 is 19.1 Å². The Kier molecular flexibility index (Phi) is 6.53. The third-order valence-electron chi connectivity index (χ3n) is 4.30. The van der Waals surface area contributed by atoms with Crippen molar-refractivity contribution in [1.82, 2.24) is 5.32 Å². The van der Waals surface area contributed by atoms with Crippen LogP contribution >= 0.6 is 34.8 Å². The van der Waals surface area contributed by atoms with Crippen LogP contribution in [0.2, 0.25) is 0 Å². The molecule has 0 atom stereocenters. The van der Waals surface area contributed by atoms with Crippen LogP contribution in [0.5, 0.6) is 11.5 Å². The molecule has 2 amide bonds. The maximum absolute atomic E-state index is 13.2. The summed E-state index contributed by atoms with van der Waals surface area (Å²) in [4.78, 5) is 27.0. The number of nitrogens with one attached hydrogen (secondary N) is 1. The fraction of sp³-hybridized carbons (Fsp3) is 0.190. The minimum atomic E-state index is -0.534. The van der Waals surface area contributed by atoms with Gasteiger partial charge in [0.1, 0.15) is 5.57 Å². The number of hydrogen-bond donors (Lipinski definition) is 1. The molecular formula is C21H19IN2O4S. The second-order valence-corrected chi connectivity index (χ2v) is 7.76. The molecule has 2 aromatic rings. The average Bonchev–Trinajstić information content (AvgIpc) is 2.67. The van der Waals surface area contributed by atoms with E-state index in [4.69, 9.17) is 21.7 Å². The number of aryl methyl sites for hydroxylation is 1. The summed E-state index contributed by atoms with van der Waals surface area (Å²) < 4.78 is 11.8. The molecule has 150 valence electrons. The van der Waals surface area contributed by atoms with Gasteiger partial charge in [-0.25, -0.2) is 0 Å². The number of carbonyl (C=O) groups is 2. The highest BCUT2D eigenvalue weighted by molar-refractivity contribution is 14.1. The van der Waals surface area contributed by atoms with Gasteiger partial charge in [-0.1, -0.05) is 18.2 Å². The van der Waals surface area contributed by atoms with Gasteiger partial charge >= 0.3 is 0 Å². The van der Waals surface area contributed by atoms with E-state index in [1.165, 1.54) is 11.0 Å². The van der Waals surface area contributed by atoms with Gasteiger partial charge in [0.05, 0.1) is 23.0 Å². The Labute approximate surface area is 188 Å².